The van der Waals surface area contributed by atoms with Gasteiger partial charge >= 0.3 is 0 Å². The molecule has 0 radical (unpaired) electrons. The molecule has 0 aliphatic rings. The van der Waals surface area contributed by atoms with E-state index in [0.29, 0.717) is 10.7 Å². The van der Waals surface area contributed by atoms with E-state index in [9.17, 15) is 8.42 Å². The van der Waals surface area contributed by atoms with Gasteiger partial charge in [-0.3, -0.25) is 0 Å². The molecule has 20 heavy (non-hydrogen) atoms. The van der Waals surface area contributed by atoms with Crippen LogP contribution in [0.1, 0.15) is 22.6 Å². The molecule has 2 rings (SSSR count). The second-order valence-corrected chi connectivity index (χ2v) is 6.62. The van der Waals surface area contributed by atoms with Crippen LogP contribution in [0, 0.1) is 20.8 Å². The van der Waals surface area contributed by atoms with E-state index in [1.807, 2.05) is 19.1 Å². The summed E-state index contributed by atoms with van der Waals surface area (Å²) >= 11 is 6.08. The van der Waals surface area contributed by atoms with E-state index < -0.39 is 10.0 Å². The van der Waals surface area contributed by atoms with Gasteiger partial charge in [0, 0.05) is 11.6 Å². The summed E-state index contributed by atoms with van der Waals surface area (Å²) in [5.41, 5.74) is 2.02. The average molecular weight is 315 g/mol. The molecule has 0 saturated carbocycles. The molecule has 0 bridgehead atoms. The fourth-order valence-corrected chi connectivity index (χ4v) is 3.60. The van der Waals surface area contributed by atoms with Crippen molar-refractivity contribution in [1.29, 1.82) is 0 Å². The molecular formula is C13H15ClN2O3S. The van der Waals surface area contributed by atoms with Gasteiger partial charge in [0.2, 0.25) is 10.0 Å². The van der Waals surface area contributed by atoms with Gasteiger partial charge in [-0.25, -0.2) is 13.1 Å². The van der Waals surface area contributed by atoms with Crippen molar-refractivity contribution in [2.45, 2.75) is 32.2 Å². The van der Waals surface area contributed by atoms with E-state index in [0.717, 1.165) is 11.1 Å². The monoisotopic (exact) mass is 314 g/mol. The molecule has 0 unspecified atom stereocenters. The molecule has 108 valence electrons. The Balaban J connectivity index is 2.27. The zero-order valence-electron chi connectivity index (χ0n) is 11.4. The third kappa shape index (κ3) is 2.87. The summed E-state index contributed by atoms with van der Waals surface area (Å²) in [5, 5.41) is 4.19. The van der Waals surface area contributed by atoms with Gasteiger partial charge < -0.3 is 4.52 Å². The van der Waals surface area contributed by atoms with Crippen LogP contribution in [0.2, 0.25) is 5.02 Å². The third-order valence-electron chi connectivity index (χ3n) is 3.03. The van der Waals surface area contributed by atoms with E-state index in [1.54, 1.807) is 19.9 Å². The Hall–Kier alpha value is -1.37. The van der Waals surface area contributed by atoms with Gasteiger partial charge in [-0.15, -0.1) is 0 Å². The first-order chi connectivity index (χ1) is 9.33. The molecular weight excluding hydrogens is 300 g/mol. The molecule has 0 amide bonds. The SMILES string of the molecule is Cc1cccc(Cl)c1CNS(=O)(=O)c1c(C)noc1C. The maximum absolute atomic E-state index is 12.3. The van der Waals surface area contributed by atoms with Crippen LogP contribution in [0.15, 0.2) is 27.6 Å². The minimum Gasteiger partial charge on any atom is -0.360 e. The lowest BCUT2D eigenvalue weighted by molar-refractivity contribution is 0.390. The predicted octanol–water partition coefficient (Wildman–Crippen LogP) is 2.73. The number of hydrogen-bond donors (Lipinski definition) is 1. The number of rotatable bonds is 4. The summed E-state index contributed by atoms with van der Waals surface area (Å²) in [4.78, 5) is 0.0854. The van der Waals surface area contributed by atoms with Crippen molar-refractivity contribution in [3.05, 3.63) is 45.8 Å². The van der Waals surface area contributed by atoms with Crippen molar-refractivity contribution in [3.8, 4) is 0 Å². The maximum Gasteiger partial charge on any atom is 0.246 e. The minimum absolute atomic E-state index is 0.0854. The molecule has 0 aliphatic carbocycles. The Bertz CT molecular complexity index is 698. The summed E-state index contributed by atoms with van der Waals surface area (Å²) in [7, 11) is -3.67. The fourth-order valence-electron chi connectivity index (χ4n) is 1.99. The lowest BCUT2D eigenvalue weighted by Gasteiger charge is -2.10. The van der Waals surface area contributed by atoms with Crippen LogP contribution in [-0.2, 0) is 16.6 Å². The van der Waals surface area contributed by atoms with Crippen LogP contribution in [0.5, 0.6) is 0 Å². The highest BCUT2D eigenvalue weighted by atomic mass is 35.5. The molecule has 0 saturated heterocycles. The largest absolute Gasteiger partial charge is 0.360 e. The molecule has 2 aromatic rings. The standard InChI is InChI=1S/C13H15ClN2O3S/c1-8-5-4-6-12(14)11(8)7-15-20(17,18)13-9(2)16-19-10(13)3/h4-6,15H,7H2,1-3H3. The summed E-state index contributed by atoms with van der Waals surface area (Å²) in [5.74, 6) is 0.269. The van der Waals surface area contributed by atoms with Gasteiger partial charge in [0.1, 0.15) is 10.6 Å². The van der Waals surface area contributed by atoms with E-state index in [1.165, 1.54) is 0 Å². The number of hydrogen-bond acceptors (Lipinski definition) is 4. The summed E-state index contributed by atoms with van der Waals surface area (Å²) in [6.45, 7) is 5.16. The highest BCUT2D eigenvalue weighted by Crippen LogP contribution is 2.22. The number of halogens is 1. The molecule has 0 atom stereocenters. The maximum atomic E-state index is 12.3. The molecule has 0 spiro atoms. The second kappa shape index (κ2) is 5.55. The first-order valence-electron chi connectivity index (χ1n) is 5.99. The van der Waals surface area contributed by atoms with Crippen molar-refractivity contribution in [1.82, 2.24) is 9.88 Å². The molecule has 1 heterocycles. The molecule has 0 aliphatic heterocycles. The molecule has 1 aromatic heterocycles. The van der Waals surface area contributed by atoms with E-state index in [4.69, 9.17) is 16.1 Å². The Morgan fingerprint density at radius 3 is 2.55 bits per heavy atom. The normalized spacial score (nSPS) is 11.8. The Kier molecular flexibility index (Phi) is 4.17. The lowest BCUT2D eigenvalue weighted by atomic mass is 10.1. The Labute approximate surface area is 123 Å². The molecule has 5 nitrogen and oxygen atoms in total. The quantitative estimate of drug-likeness (QED) is 0.941. The summed E-state index contributed by atoms with van der Waals surface area (Å²) < 4.78 is 32.0. The van der Waals surface area contributed by atoms with Crippen LogP contribution >= 0.6 is 11.6 Å². The number of nitrogens with zero attached hydrogens (tertiary/aromatic N) is 1. The lowest BCUT2D eigenvalue weighted by Crippen LogP contribution is -2.24. The van der Waals surface area contributed by atoms with Gasteiger partial charge in [0.25, 0.3) is 0 Å². The van der Waals surface area contributed by atoms with Gasteiger partial charge in [-0.05, 0) is 38.0 Å². The van der Waals surface area contributed by atoms with Crippen molar-refractivity contribution in [2.75, 3.05) is 0 Å². The van der Waals surface area contributed by atoms with E-state index in [-0.39, 0.29) is 17.2 Å². The van der Waals surface area contributed by atoms with Crippen molar-refractivity contribution in [3.63, 3.8) is 0 Å². The van der Waals surface area contributed by atoms with Gasteiger partial charge in [-0.2, -0.15) is 0 Å². The highest BCUT2D eigenvalue weighted by molar-refractivity contribution is 7.89. The molecule has 7 heteroatoms. The first-order valence-corrected chi connectivity index (χ1v) is 7.85. The summed E-state index contributed by atoms with van der Waals surface area (Å²) in [6, 6.07) is 5.43. The predicted molar refractivity (Wildman–Crippen MR) is 76.2 cm³/mol. The number of aromatic nitrogens is 1. The van der Waals surface area contributed by atoms with Crippen LogP contribution in [0.25, 0.3) is 0 Å². The van der Waals surface area contributed by atoms with E-state index in [2.05, 4.69) is 9.88 Å². The molecule has 1 N–H and O–H groups in total. The van der Waals surface area contributed by atoms with Crippen LogP contribution in [0.3, 0.4) is 0 Å². The topological polar surface area (TPSA) is 72.2 Å². The zero-order chi connectivity index (χ0) is 14.9. The number of benzene rings is 1. The Morgan fingerprint density at radius 1 is 1.30 bits per heavy atom. The van der Waals surface area contributed by atoms with Crippen molar-refractivity contribution < 1.29 is 12.9 Å². The smallest absolute Gasteiger partial charge is 0.246 e. The highest BCUT2D eigenvalue weighted by Gasteiger charge is 2.24. The van der Waals surface area contributed by atoms with Crippen molar-refractivity contribution >= 4 is 21.6 Å². The second-order valence-electron chi connectivity index (χ2n) is 4.51. The van der Waals surface area contributed by atoms with Crippen LogP contribution in [-0.4, -0.2) is 13.6 Å². The minimum atomic E-state index is -3.67. The fraction of sp³-hybridized carbons (Fsp3) is 0.308. The first kappa shape index (κ1) is 15.0. The third-order valence-corrected chi connectivity index (χ3v) is 5.03. The molecule has 1 aromatic carbocycles. The zero-order valence-corrected chi connectivity index (χ0v) is 13.0. The van der Waals surface area contributed by atoms with E-state index >= 15 is 0 Å². The Morgan fingerprint density at radius 2 is 2.00 bits per heavy atom. The molecule has 0 fully saturated rings. The van der Waals surface area contributed by atoms with Gasteiger partial charge in [0.05, 0.1) is 0 Å². The number of sulfonamides is 1. The van der Waals surface area contributed by atoms with Gasteiger partial charge in [0.15, 0.2) is 5.76 Å². The van der Waals surface area contributed by atoms with Gasteiger partial charge in [-0.1, -0.05) is 28.9 Å². The van der Waals surface area contributed by atoms with Crippen molar-refractivity contribution in [2.24, 2.45) is 0 Å². The number of aryl methyl sites for hydroxylation is 3. The van der Waals surface area contributed by atoms with Crippen LogP contribution in [0.4, 0.5) is 0 Å². The number of nitrogens with one attached hydrogen (secondary N) is 1. The van der Waals surface area contributed by atoms with Crippen LogP contribution < -0.4 is 4.72 Å². The summed E-state index contributed by atoms with van der Waals surface area (Å²) in [6.07, 6.45) is 0. The average Bonchev–Trinajstić information content (AvgIpc) is 2.69.